The Morgan fingerprint density at radius 1 is 1.00 bits per heavy atom. The van der Waals surface area contributed by atoms with Crippen LogP contribution >= 0.6 is 0 Å². The van der Waals surface area contributed by atoms with E-state index in [0.29, 0.717) is 11.8 Å². The fraction of sp³-hybridized carbons (Fsp3) is 0.294. The maximum atomic E-state index is 12.2. The number of hydrogen-bond acceptors (Lipinski definition) is 4. The highest BCUT2D eigenvalue weighted by Gasteiger charge is 2.54. The van der Waals surface area contributed by atoms with Crippen LogP contribution in [0, 0.1) is 11.8 Å². The first-order valence-electron chi connectivity index (χ1n) is 14.0. The number of benzene rings is 3. The van der Waals surface area contributed by atoms with Gasteiger partial charge < -0.3 is 14.3 Å². The standard InChI is InChI=1S/C34H34N3O2/c1-3-22-20-37(21-29-25-8-4-6-10-31(25)36-32-11-7-5-9-26(29)32)17-15-23(22)18-33(37)34(38)27-14-16-35-30-13-12-24(39-2)19-28(27)30/h3-14,16,19,22-23,33-34,38H,1,15,17-18,20-21H2,2H3/q+1/t22-,23-,33-,34+,37-/m0/s1. The molecule has 3 aliphatic heterocycles. The van der Waals surface area contributed by atoms with E-state index in [1.54, 1.807) is 7.11 Å². The molecule has 3 aliphatic rings. The van der Waals surface area contributed by atoms with Crippen LogP contribution in [0.4, 0.5) is 0 Å². The van der Waals surface area contributed by atoms with Gasteiger partial charge in [0.1, 0.15) is 24.4 Å². The van der Waals surface area contributed by atoms with Gasteiger partial charge in [0.2, 0.25) is 0 Å². The molecule has 0 amide bonds. The van der Waals surface area contributed by atoms with Gasteiger partial charge in [0.05, 0.1) is 36.7 Å². The SMILES string of the molecule is C=C[C@H]1C[N@+]2(Cc3c4ccccc4nc4ccccc34)CC[C@H]1C[C@H]2[C@H](O)c1ccnc2ccc(OC)cc12. The first-order chi connectivity index (χ1) is 19.1. The fourth-order valence-electron chi connectivity index (χ4n) is 7.53. The highest BCUT2D eigenvalue weighted by molar-refractivity contribution is 5.97. The first-order valence-corrected chi connectivity index (χ1v) is 14.0. The van der Waals surface area contributed by atoms with E-state index in [1.165, 1.54) is 16.3 Å². The zero-order chi connectivity index (χ0) is 26.6. The van der Waals surface area contributed by atoms with Crippen LogP contribution in [0.5, 0.6) is 5.75 Å². The lowest BCUT2D eigenvalue weighted by Crippen LogP contribution is -2.67. The topological polar surface area (TPSA) is 55.2 Å². The Kier molecular flexibility index (Phi) is 5.87. The van der Waals surface area contributed by atoms with E-state index in [1.807, 2.05) is 30.5 Å². The Morgan fingerprint density at radius 2 is 1.74 bits per heavy atom. The molecule has 196 valence electrons. The van der Waals surface area contributed by atoms with Gasteiger partial charge in [-0.25, -0.2) is 4.98 Å². The number of aromatic nitrogens is 2. The lowest BCUT2D eigenvalue weighted by Gasteiger charge is -2.58. The van der Waals surface area contributed by atoms with E-state index in [-0.39, 0.29) is 6.04 Å². The molecular weight excluding hydrogens is 482 g/mol. The van der Waals surface area contributed by atoms with E-state index >= 15 is 0 Å². The Balaban J connectivity index is 1.39. The van der Waals surface area contributed by atoms with Gasteiger partial charge in [0.15, 0.2) is 0 Å². The second-order valence-electron chi connectivity index (χ2n) is 11.4. The van der Waals surface area contributed by atoms with Gasteiger partial charge in [-0.1, -0.05) is 42.5 Å². The number of para-hydroxylation sites is 2. The van der Waals surface area contributed by atoms with Crippen molar-refractivity contribution in [2.24, 2.45) is 11.8 Å². The van der Waals surface area contributed by atoms with Crippen molar-refractivity contribution in [1.29, 1.82) is 0 Å². The molecule has 8 rings (SSSR count). The Bertz CT molecular complexity index is 1660. The fourth-order valence-corrected chi connectivity index (χ4v) is 7.53. The van der Waals surface area contributed by atoms with Crippen LogP contribution in [0.2, 0.25) is 0 Å². The largest absolute Gasteiger partial charge is 0.497 e. The zero-order valence-corrected chi connectivity index (χ0v) is 22.3. The third-order valence-electron chi connectivity index (χ3n) is 9.51. The summed E-state index contributed by atoms with van der Waals surface area (Å²) in [5, 5.41) is 15.6. The third kappa shape index (κ3) is 3.91. The van der Waals surface area contributed by atoms with Gasteiger partial charge in [-0.3, -0.25) is 4.98 Å². The van der Waals surface area contributed by atoms with Gasteiger partial charge >= 0.3 is 0 Å². The van der Waals surface area contributed by atoms with Crippen LogP contribution in [0.3, 0.4) is 0 Å². The molecule has 1 N–H and O–H groups in total. The van der Waals surface area contributed by atoms with Crippen molar-refractivity contribution in [3.63, 3.8) is 0 Å². The van der Waals surface area contributed by atoms with Crippen molar-refractivity contribution in [2.45, 2.75) is 31.5 Å². The minimum absolute atomic E-state index is 0.0717. The summed E-state index contributed by atoms with van der Waals surface area (Å²) in [5.74, 6) is 1.78. The number of ether oxygens (including phenoxy) is 1. The minimum Gasteiger partial charge on any atom is -0.497 e. The predicted molar refractivity (Wildman–Crippen MR) is 156 cm³/mol. The number of hydrogen-bond donors (Lipinski definition) is 1. The second-order valence-corrected chi connectivity index (χ2v) is 11.4. The number of piperidine rings is 3. The molecule has 0 saturated carbocycles. The molecule has 5 nitrogen and oxygen atoms in total. The smallest absolute Gasteiger partial charge is 0.131 e. The van der Waals surface area contributed by atoms with E-state index < -0.39 is 6.10 Å². The minimum atomic E-state index is -0.615. The van der Waals surface area contributed by atoms with Crippen LogP contribution in [-0.4, -0.2) is 45.8 Å². The number of nitrogens with zero attached hydrogens (tertiary/aromatic N) is 3. The zero-order valence-electron chi connectivity index (χ0n) is 22.3. The van der Waals surface area contributed by atoms with Gasteiger partial charge in [-0.2, -0.15) is 0 Å². The maximum Gasteiger partial charge on any atom is 0.131 e. The Labute approximate surface area is 229 Å². The normalized spacial score (nSPS) is 25.2. The summed E-state index contributed by atoms with van der Waals surface area (Å²) in [4.78, 5) is 9.56. The molecule has 3 saturated heterocycles. The molecule has 5 atom stereocenters. The van der Waals surface area contributed by atoms with E-state index in [9.17, 15) is 5.11 Å². The summed E-state index contributed by atoms with van der Waals surface area (Å²) < 4.78 is 6.38. The number of rotatable bonds is 6. The van der Waals surface area contributed by atoms with Crippen molar-refractivity contribution in [3.8, 4) is 5.75 Å². The number of quaternary nitrogens is 1. The van der Waals surface area contributed by atoms with E-state index in [0.717, 1.165) is 70.2 Å². The lowest BCUT2D eigenvalue weighted by atomic mass is 9.71. The second kappa shape index (κ2) is 9.44. The molecule has 5 heterocycles. The number of aliphatic hydroxyl groups excluding tert-OH is 1. The van der Waals surface area contributed by atoms with Gasteiger partial charge in [-0.05, 0) is 47.9 Å². The van der Waals surface area contributed by atoms with Crippen LogP contribution in [0.15, 0.2) is 91.6 Å². The molecule has 5 aromatic rings. The van der Waals surface area contributed by atoms with Gasteiger partial charge in [0.25, 0.3) is 0 Å². The molecule has 5 heteroatoms. The average molecular weight is 517 g/mol. The van der Waals surface area contributed by atoms with Crippen molar-refractivity contribution in [3.05, 3.63) is 103 Å². The van der Waals surface area contributed by atoms with E-state index in [4.69, 9.17) is 9.72 Å². The molecule has 0 aliphatic carbocycles. The van der Waals surface area contributed by atoms with Crippen LogP contribution in [-0.2, 0) is 6.54 Å². The number of methoxy groups -OCH3 is 1. The monoisotopic (exact) mass is 516 g/mol. The van der Waals surface area contributed by atoms with E-state index in [2.05, 4.69) is 66.2 Å². The molecule has 2 aromatic heterocycles. The summed E-state index contributed by atoms with van der Waals surface area (Å²) >= 11 is 0. The van der Waals surface area contributed by atoms with Crippen LogP contribution in [0.1, 0.15) is 30.1 Å². The maximum absolute atomic E-state index is 12.2. The summed E-state index contributed by atoms with van der Waals surface area (Å²) in [6, 6.07) is 25.0. The number of aliphatic hydroxyl groups is 1. The van der Waals surface area contributed by atoms with Gasteiger partial charge in [-0.15, -0.1) is 6.58 Å². The molecule has 0 unspecified atom stereocenters. The molecule has 0 spiro atoms. The number of pyridine rings is 2. The predicted octanol–water partition coefficient (Wildman–Crippen LogP) is 6.59. The summed E-state index contributed by atoms with van der Waals surface area (Å²) in [6.07, 6.45) is 5.51. The van der Waals surface area contributed by atoms with Crippen molar-refractivity contribution in [1.82, 2.24) is 9.97 Å². The summed E-state index contributed by atoms with van der Waals surface area (Å²) in [6.45, 7) is 7.12. The lowest BCUT2D eigenvalue weighted by molar-refractivity contribution is -0.984. The highest BCUT2D eigenvalue weighted by atomic mass is 16.5. The van der Waals surface area contributed by atoms with Gasteiger partial charge in [0, 0.05) is 46.7 Å². The summed E-state index contributed by atoms with van der Waals surface area (Å²) in [7, 11) is 1.68. The molecule has 2 bridgehead atoms. The van der Waals surface area contributed by atoms with Crippen molar-refractivity contribution >= 4 is 32.7 Å². The highest BCUT2D eigenvalue weighted by Crippen LogP contribution is 2.49. The molecule has 3 aromatic carbocycles. The summed E-state index contributed by atoms with van der Waals surface area (Å²) in [5.41, 5.74) is 5.21. The van der Waals surface area contributed by atoms with Crippen LogP contribution in [0.25, 0.3) is 32.7 Å². The van der Waals surface area contributed by atoms with Crippen LogP contribution < -0.4 is 4.74 Å². The Morgan fingerprint density at radius 3 is 2.46 bits per heavy atom. The quantitative estimate of drug-likeness (QED) is 0.157. The molecule has 0 radical (unpaired) electrons. The van der Waals surface area contributed by atoms with Crippen molar-refractivity contribution < 1.29 is 14.3 Å². The molecule has 3 fully saturated rings. The first kappa shape index (κ1) is 24.3. The molecule has 39 heavy (non-hydrogen) atoms. The van der Waals surface area contributed by atoms with Crippen molar-refractivity contribution in [2.75, 3.05) is 20.2 Å². The average Bonchev–Trinajstić information content (AvgIpc) is 3.00. The number of fused-ring (bicyclic) bond motifs is 6. The third-order valence-corrected chi connectivity index (χ3v) is 9.51. The molecular formula is C34H34N3O2+. The Hall–Kier alpha value is -3.80.